The average molecular weight is 362 g/mol. The van der Waals surface area contributed by atoms with E-state index in [0.717, 1.165) is 42.5 Å². The fraction of sp³-hybridized carbons (Fsp3) is 0.545. The van der Waals surface area contributed by atoms with Crippen LogP contribution in [-0.2, 0) is 5.54 Å². The Bertz CT molecular complexity index is 868. The largest absolute Gasteiger partial charge is 0.294 e. The van der Waals surface area contributed by atoms with Crippen LogP contribution < -0.4 is 0 Å². The average Bonchev–Trinajstić information content (AvgIpc) is 3.35. The molecule has 0 amide bonds. The number of hydrogen-bond donors (Lipinski definition) is 0. The number of nitriles is 1. The predicted molar refractivity (Wildman–Crippen MR) is 102 cm³/mol. The summed E-state index contributed by atoms with van der Waals surface area (Å²) in [5, 5.41) is 18.1. The molecule has 0 bridgehead atoms. The molecule has 0 saturated heterocycles. The van der Waals surface area contributed by atoms with Gasteiger partial charge in [-0.3, -0.25) is 4.79 Å². The number of rotatable bonds is 6. The molecule has 0 N–H and O–H groups in total. The zero-order valence-electron chi connectivity index (χ0n) is 15.9. The highest BCUT2D eigenvalue weighted by Gasteiger charge is 2.47. The summed E-state index contributed by atoms with van der Waals surface area (Å²) in [4.78, 5) is 13.0. The number of ketones is 1. The lowest BCUT2D eigenvalue weighted by Crippen LogP contribution is -2.20. The van der Waals surface area contributed by atoms with Crippen molar-refractivity contribution in [1.82, 2.24) is 15.0 Å². The van der Waals surface area contributed by atoms with Gasteiger partial charge in [0, 0.05) is 17.9 Å². The van der Waals surface area contributed by atoms with Gasteiger partial charge in [0.1, 0.15) is 0 Å². The van der Waals surface area contributed by atoms with E-state index < -0.39 is 5.54 Å². The minimum Gasteiger partial charge on any atom is -0.294 e. The SMILES string of the molecule is Cc1cccc(C(=O)C[C@H](c2cn(C3(C#N)CC3)nn2)C2CCCCC2)c1. The van der Waals surface area contributed by atoms with E-state index in [4.69, 9.17) is 0 Å². The monoisotopic (exact) mass is 362 g/mol. The summed E-state index contributed by atoms with van der Waals surface area (Å²) in [5.41, 5.74) is 2.26. The zero-order valence-corrected chi connectivity index (χ0v) is 15.9. The topological polar surface area (TPSA) is 71.6 Å². The van der Waals surface area contributed by atoms with E-state index in [1.54, 1.807) is 4.68 Å². The number of hydrogen-bond acceptors (Lipinski definition) is 4. The van der Waals surface area contributed by atoms with E-state index in [1.165, 1.54) is 19.3 Å². The van der Waals surface area contributed by atoms with Crippen LogP contribution in [0.5, 0.6) is 0 Å². The number of nitrogens with zero attached hydrogens (tertiary/aromatic N) is 4. The molecular formula is C22H26N4O. The summed E-state index contributed by atoms with van der Waals surface area (Å²) in [7, 11) is 0. The van der Waals surface area contributed by atoms with Gasteiger partial charge in [-0.25, -0.2) is 4.68 Å². The van der Waals surface area contributed by atoms with Crippen LogP contribution in [0.2, 0.25) is 0 Å². The van der Waals surface area contributed by atoms with Crippen LogP contribution in [0.1, 0.15) is 78.9 Å². The lowest BCUT2D eigenvalue weighted by molar-refractivity contribution is 0.0957. The van der Waals surface area contributed by atoms with Crippen molar-refractivity contribution in [3.05, 3.63) is 47.3 Å². The first-order chi connectivity index (χ1) is 13.1. The maximum absolute atomic E-state index is 13.0. The third-order valence-electron chi connectivity index (χ3n) is 6.23. The molecule has 1 aromatic carbocycles. The van der Waals surface area contributed by atoms with E-state index in [2.05, 4.69) is 16.4 Å². The van der Waals surface area contributed by atoms with Crippen LogP contribution in [-0.4, -0.2) is 20.8 Å². The lowest BCUT2D eigenvalue weighted by atomic mass is 9.76. The van der Waals surface area contributed by atoms with E-state index in [-0.39, 0.29) is 11.7 Å². The van der Waals surface area contributed by atoms with Crippen LogP contribution in [0.15, 0.2) is 30.5 Å². The highest BCUT2D eigenvalue weighted by atomic mass is 16.1. The molecule has 2 saturated carbocycles. The van der Waals surface area contributed by atoms with Gasteiger partial charge in [-0.05, 0) is 44.6 Å². The Morgan fingerprint density at radius 1 is 1.33 bits per heavy atom. The van der Waals surface area contributed by atoms with Gasteiger partial charge in [0.15, 0.2) is 11.3 Å². The van der Waals surface area contributed by atoms with Gasteiger partial charge in [-0.2, -0.15) is 5.26 Å². The number of aromatic nitrogens is 3. The number of aryl methyl sites for hydroxylation is 1. The maximum atomic E-state index is 13.0. The molecule has 5 heteroatoms. The van der Waals surface area contributed by atoms with Gasteiger partial charge >= 0.3 is 0 Å². The molecule has 2 aromatic rings. The molecule has 1 aromatic heterocycles. The normalized spacial score (nSPS) is 20.0. The molecule has 0 unspecified atom stereocenters. The molecule has 27 heavy (non-hydrogen) atoms. The number of carbonyl (C=O) groups is 1. The van der Waals surface area contributed by atoms with E-state index in [0.29, 0.717) is 12.3 Å². The first kappa shape index (κ1) is 17.9. The minimum absolute atomic E-state index is 0.0848. The maximum Gasteiger partial charge on any atom is 0.163 e. The highest BCUT2D eigenvalue weighted by molar-refractivity contribution is 5.96. The molecular weight excluding hydrogens is 336 g/mol. The lowest BCUT2D eigenvalue weighted by Gasteiger charge is -2.28. The van der Waals surface area contributed by atoms with Crippen molar-refractivity contribution in [1.29, 1.82) is 5.26 Å². The quantitative estimate of drug-likeness (QED) is 0.708. The second-order valence-electron chi connectivity index (χ2n) is 8.23. The Morgan fingerprint density at radius 3 is 2.78 bits per heavy atom. The van der Waals surface area contributed by atoms with Crippen LogP contribution in [0.25, 0.3) is 0 Å². The summed E-state index contributed by atoms with van der Waals surface area (Å²) in [5.74, 6) is 0.724. The molecule has 0 aliphatic heterocycles. The van der Waals surface area contributed by atoms with Gasteiger partial charge in [0.25, 0.3) is 0 Å². The second kappa shape index (κ2) is 7.26. The molecule has 140 valence electrons. The molecule has 4 rings (SSSR count). The second-order valence-corrected chi connectivity index (χ2v) is 8.23. The highest BCUT2D eigenvalue weighted by Crippen LogP contribution is 2.43. The summed E-state index contributed by atoms with van der Waals surface area (Å²) in [6.45, 7) is 2.01. The van der Waals surface area contributed by atoms with Gasteiger partial charge in [-0.15, -0.1) is 5.10 Å². The van der Waals surface area contributed by atoms with Crippen LogP contribution in [0, 0.1) is 24.2 Å². The first-order valence-electron chi connectivity index (χ1n) is 10.1. The smallest absolute Gasteiger partial charge is 0.163 e. The molecule has 2 aliphatic carbocycles. The molecule has 5 nitrogen and oxygen atoms in total. The standard InChI is InChI=1S/C22H26N4O/c1-16-6-5-9-18(12-16)21(27)13-19(17-7-3-2-4-8-17)20-14-26(25-24-20)22(15-23)10-11-22/h5-6,9,12,14,17,19H,2-4,7-8,10-11,13H2,1H3/t19-/m0/s1. The Balaban J connectivity index is 1.59. The summed E-state index contributed by atoms with van der Waals surface area (Å²) in [6.07, 6.45) is 10.1. The molecule has 2 fully saturated rings. The van der Waals surface area contributed by atoms with Crippen molar-refractivity contribution in [3.63, 3.8) is 0 Å². The number of benzene rings is 1. The van der Waals surface area contributed by atoms with E-state index in [9.17, 15) is 10.1 Å². The fourth-order valence-corrected chi connectivity index (χ4v) is 4.35. The molecule has 0 spiro atoms. The van der Waals surface area contributed by atoms with Gasteiger partial charge < -0.3 is 0 Å². The summed E-state index contributed by atoms with van der Waals surface area (Å²) < 4.78 is 1.73. The Morgan fingerprint density at radius 2 is 2.11 bits per heavy atom. The van der Waals surface area contributed by atoms with Crippen LogP contribution >= 0.6 is 0 Å². The van der Waals surface area contributed by atoms with Gasteiger partial charge in [-0.1, -0.05) is 48.2 Å². The zero-order chi connectivity index (χ0) is 18.9. The van der Waals surface area contributed by atoms with E-state index in [1.807, 2.05) is 37.4 Å². The predicted octanol–water partition coefficient (Wildman–Crippen LogP) is 4.54. The molecule has 2 aliphatic rings. The van der Waals surface area contributed by atoms with Crippen molar-refractivity contribution in [2.45, 2.75) is 69.7 Å². The third-order valence-corrected chi connectivity index (χ3v) is 6.23. The van der Waals surface area contributed by atoms with Crippen molar-refractivity contribution < 1.29 is 4.79 Å². The van der Waals surface area contributed by atoms with Crippen LogP contribution in [0.3, 0.4) is 0 Å². The Kier molecular flexibility index (Phi) is 4.82. The van der Waals surface area contributed by atoms with Crippen molar-refractivity contribution >= 4 is 5.78 Å². The summed E-state index contributed by atoms with van der Waals surface area (Å²) >= 11 is 0. The summed E-state index contributed by atoms with van der Waals surface area (Å²) in [6, 6.07) is 10.2. The Labute approximate surface area is 160 Å². The first-order valence-corrected chi connectivity index (χ1v) is 10.1. The third kappa shape index (κ3) is 3.66. The van der Waals surface area contributed by atoms with Gasteiger partial charge in [0.05, 0.1) is 18.0 Å². The molecule has 0 radical (unpaired) electrons. The number of carbonyl (C=O) groups excluding carboxylic acids is 1. The Hall–Kier alpha value is -2.48. The van der Waals surface area contributed by atoms with Crippen molar-refractivity contribution in [3.8, 4) is 6.07 Å². The number of Topliss-reactive ketones (excluding diaryl/α,β-unsaturated/α-hetero) is 1. The van der Waals surface area contributed by atoms with E-state index >= 15 is 0 Å². The van der Waals surface area contributed by atoms with Crippen LogP contribution in [0.4, 0.5) is 0 Å². The van der Waals surface area contributed by atoms with Crippen molar-refractivity contribution in [2.24, 2.45) is 5.92 Å². The van der Waals surface area contributed by atoms with Crippen molar-refractivity contribution in [2.75, 3.05) is 0 Å². The molecule has 1 atom stereocenters. The fourth-order valence-electron chi connectivity index (χ4n) is 4.35. The van der Waals surface area contributed by atoms with Gasteiger partial charge in [0.2, 0.25) is 0 Å². The minimum atomic E-state index is -0.497. The molecule has 1 heterocycles.